The molecule has 1 amide bonds. The molecule has 2 heterocycles. The smallest absolute Gasteiger partial charge is 0.240 e. The van der Waals surface area contributed by atoms with Gasteiger partial charge in [-0.1, -0.05) is 0 Å². The number of benzene rings is 1. The summed E-state index contributed by atoms with van der Waals surface area (Å²) in [6.07, 6.45) is 1.07. The maximum atomic E-state index is 12.9. The molecule has 0 aromatic heterocycles. The lowest BCUT2D eigenvalue weighted by molar-refractivity contribution is -0.121. The molecule has 2 aliphatic rings. The van der Waals surface area contributed by atoms with Gasteiger partial charge in [0, 0.05) is 43.9 Å². The third-order valence-corrected chi connectivity index (χ3v) is 7.86. The molecule has 0 radical (unpaired) electrons. The Kier molecular flexibility index (Phi) is 7.32. The lowest BCUT2D eigenvalue weighted by Gasteiger charge is -2.43. The van der Waals surface area contributed by atoms with Gasteiger partial charge < -0.3 is 10.1 Å². The van der Waals surface area contributed by atoms with E-state index in [-0.39, 0.29) is 29.3 Å². The van der Waals surface area contributed by atoms with Crippen molar-refractivity contribution in [1.29, 1.82) is 0 Å². The Labute approximate surface area is 169 Å². The number of amides is 1. The van der Waals surface area contributed by atoms with E-state index in [0.29, 0.717) is 19.8 Å². The highest BCUT2D eigenvalue weighted by Gasteiger charge is 2.40. The van der Waals surface area contributed by atoms with Crippen LogP contribution in [0.3, 0.4) is 0 Å². The van der Waals surface area contributed by atoms with Crippen molar-refractivity contribution < 1.29 is 22.3 Å². The first-order valence-electron chi connectivity index (χ1n) is 9.34. The molecule has 7 nitrogen and oxygen atoms in total. The summed E-state index contributed by atoms with van der Waals surface area (Å²) in [5, 5.41) is 2.98. The van der Waals surface area contributed by atoms with E-state index in [1.807, 2.05) is 11.8 Å². The lowest BCUT2D eigenvalue weighted by atomic mass is 9.95. The summed E-state index contributed by atoms with van der Waals surface area (Å²) in [6.45, 7) is 3.72. The molecule has 0 saturated carbocycles. The van der Waals surface area contributed by atoms with Crippen molar-refractivity contribution in [2.75, 3.05) is 50.9 Å². The number of carbonyl (C=O) groups is 1. The monoisotopic (exact) mass is 431 g/mol. The molecule has 1 aromatic rings. The highest BCUT2D eigenvalue weighted by Crippen LogP contribution is 2.33. The first-order valence-corrected chi connectivity index (χ1v) is 12.0. The van der Waals surface area contributed by atoms with Gasteiger partial charge in [-0.15, -0.1) is 0 Å². The molecular formula is C18H26FN3O4S2. The number of ether oxygens (including phenoxy) is 1. The minimum atomic E-state index is -3.75. The van der Waals surface area contributed by atoms with Gasteiger partial charge in [0.05, 0.1) is 18.1 Å². The van der Waals surface area contributed by atoms with Crippen LogP contribution in [-0.4, -0.2) is 75.7 Å². The third-order valence-electron chi connectivity index (χ3n) is 5.15. The Bertz CT molecular complexity index is 762. The number of hydrogen-bond donors (Lipinski definition) is 2. The first kappa shape index (κ1) is 21.5. The van der Waals surface area contributed by atoms with E-state index < -0.39 is 15.8 Å². The van der Waals surface area contributed by atoms with Crippen LogP contribution in [0.25, 0.3) is 0 Å². The van der Waals surface area contributed by atoms with Crippen LogP contribution in [0.15, 0.2) is 29.2 Å². The summed E-state index contributed by atoms with van der Waals surface area (Å²) < 4.78 is 45.1. The van der Waals surface area contributed by atoms with Gasteiger partial charge in [-0.2, -0.15) is 11.8 Å². The second-order valence-electron chi connectivity index (χ2n) is 7.00. The molecule has 2 saturated heterocycles. The summed E-state index contributed by atoms with van der Waals surface area (Å²) >= 11 is 1.89. The SMILES string of the molecule is O=C(CCNS(=O)(=O)c1ccc(F)cc1)NCC1(N2CCOCC2)CCSC1. The van der Waals surface area contributed by atoms with E-state index in [4.69, 9.17) is 4.74 Å². The minimum Gasteiger partial charge on any atom is -0.379 e. The van der Waals surface area contributed by atoms with Crippen LogP contribution in [0.1, 0.15) is 12.8 Å². The molecule has 2 aliphatic heterocycles. The Hall–Kier alpha value is -1.20. The maximum absolute atomic E-state index is 12.9. The summed E-state index contributed by atoms with van der Waals surface area (Å²) in [7, 11) is -3.75. The van der Waals surface area contributed by atoms with Gasteiger partial charge in [0.15, 0.2) is 0 Å². The Morgan fingerprint density at radius 1 is 1.25 bits per heavy atom. The van der Waals surface area contributed by atoms with Crippen LogP contribution in [0.2, 0.25) is 0 Å². The van der Waals surface area contributed by atoms with Crippen LogP contribution in [0.5, 0.6) is 0 Å². The number of nitrogens with zero attached hydrogens (tertiary/aromatic N) is 1. The third kappa shape index (κ3) is 5.44. The zero-order chi connectivity index (χ0) is 20.0. The quantitative estimate of drug-likeness (QED) is 0.634. The Balaban J connectivity index is 1.46. The van der Waals surface area contributed by atoms with Crippen LogP contribution in [0.4, 0.5) is 4.39 Å². The number of thioether (sulfide) groups is 1. The number of sulfonamides is 1. The second-order valence-corrected chi connectivity index (χ2v) is 9.88. The van der Waals surface area contributed by atoms with E-state index >= 15 is 0 Å². The fourth-order valence-corrected chi connectivity index (χ4v) is 5.99. The largest absolute Gasteiger partial charge is 0.379 e. The van der Waals surface area contributed by atoms with Crippen LogP contribution in [0, 0.1) is 5.82 Å². The van der Waals surface area contributed by atoms with Crippen LogP contribution < -0.4 is 10.0 Å². The molecule has 156 valence electrons. The average molecular weight is 432 g/mol. The zero-order valence-electron chi connectivity index (χ0n) is 15.7. The predicted octanol–water partition coefficient (Wildman–Crippen LogP) is 0.818. The summed E-state index contributed by atoms with van der Waals surface area (Å²) in [4.78, 5) is 14.6. The molecule has 2 N–H and O–H groups in total. The average Bonchev–Trinajstić information content (AvgIpc) is 3.18. The van der Waals surface area contributed by atoms with Gasteiger partial charge in [0.1, 0.15) is 5.82 Å². The number of nitrogens with one attached hydrogen (secondary N) is 2. The maximum Gasteiger partial charge on any atom is 0.240 e. The van der Waals surface area contributed by atoms with Gasteiger partial charge in [-0.25, -0.2) is 17.5 Å². The van der Waals surface area contributed by atoms with Crippen LogP contribution in [-0.2, 0) is 19.6 Å². The molecule has 0 spiro atoms. The van der Waals surface area contributed by atoms with E-state index in [0.717, 1.165) is 43.1 Å². The van der Waals surface area contributed by atoms with Gasteiger partial charge in [-0.3, -0.25) is 9.69 Å². The normalized spacial score (nSPS) is 23.6. The lowest BCUT2D eigenvalue weighted by Crippen LogP contribution is -2.59. The second kappa shape index (κ2) is 9.53. The van der Waals surface area contributed by atoms with Gasteiger partial charge >= 0.3 is 0 Å². The topological polar surface area (TPSA) is 87.7 Å². The Morgan fingerprint density at radius 2 is 1.96 bits per heavy atom. The molecule has 2 fully saturated rings. The fourth-order valence-electron chi connectivity index (χ4n) is 3.48. The Morgan fingerprint density at radius 3 is 2.61 bits per heavy atom. The van der Waals surface area contributed by atoms with E-state index in [2.05, 4.69) is 14.9 Å². The van der Waals surface area contributed by atoms with E-state index in [1.54, 1.807) is 0 Å². The van der Waals surface area contributed by atoms with Crippen molar-refractivity contribution in [3.8, 4) is 0 Å². The number of carbonyl (C=O) groups excluding carboxylic acids is 1. The number of morpholine rings is 1. The van der Waals surface area contributed by atoms with Gasteiger partial charge in [0.2, 0.25) is 15.9 Å². The molecule has 1 atom stereocenters. The van der Waals surface area contributed by atoms with Gasteiger partial charge in [-0.05, 0) is 36.4 Å². The molecular weight excluding hydrogens is 405 g/mol. The number of hydrogen-bond acceptors (Lipinski definition) is 6. The van der Waals surface area contributed by atoms with E-state index in [9.17, 15) is 17.6 Å². The summed E-state index contributed by atoms with van der Waals surface area (Å²) in [6, 6.07) is 4.57. The van der Waals surface area contributed by atoms with Crippen molar-refractivity contribution >= 4 is 27.7 Å². The minimum absolute atomic E-state index is 0.00908. The number of rotatable bonds is 8. The molecule has 1 aromatic carbocycles. The fraction of sp³-hybridized carbons (Fsp3) is 0.611. The molecule has 0 aliphatic carbocycles. The molecule has 28 heavy (non-hydrogen) atoms. The first-order chi connectivity index (χ1) is 13.4. The summed E-state index contributed by atoms with van der Waals surface area (Å²) in [5.74, 6) is 1.36. The molecule has 1 unspecified atom stereocenters. The predicted molar refractivity (Wildman–Crippen MR) is 106 cm³/mol. The van der Waals surface area contributed by atoms with Gasteiger partial charge in [0.25, 0.3) is 0 Å². The van der Waals surface area contributed by atoms with Crippen LogP contribution >= 0.6 is 11.8 Å². The van der Waals surface area contributed by atoms with Crippen molar-refractivity contribution in [2.45, 2.75) is 23.3 Å². The van der Waals surface area contributed by atoms with Crippen molar-refractivity contribution in [1.82, 2.24) is 14.9 Å². The molecule has 0 bridgehead atoms. The zero-order valence-corrected chi connectivity index (χ0v) is 17.3. The standard InChI is InChI=1S/C18H26FN3O4S2/c19-15-1-3-16(4-2-15)28(24,25)21-7-5-17(23)20-13-18(6-12-27-14-18)22-8-10-26-11-9-22/h1-4,21H,5-14H2,(H,20,23). The van der Waals surface area contributed by atoms with Crippen molar-refractivity contribution in [3.05, 3.63) is 30.1 Å². The number of halogens is 1. The van der Waals surface area contributed by atoms with Crippen molar-refractivity contribution in [3.63, 3.8) is 0 Å². The highest BCUT2D eigenvalue weighted by atomic mass is 32.2. The highest BCUT2D eigenvalue weighted by molar-refractivity contribution is 7.99. The summed E-state index contributed by atoms with van der Waals surface area (Å²) in [5.41, 5.74) is -0.0439. The van der Waals surface area contributed by atoms with E-state index in [1.165, 1.54) is 12.1 Å². The molecule has 10 heteroatoms. The van der Waals surface area contributed by atoms with Crippen molar-refractivity contribution in [2.24, 2.45) is 0 Å². The molecule has 3 rings (SSSR count).